The van der Waals surface area contributed by atoms with Crippen LogP contribution in [0.15, 0.2) is 29.2 Å². The third-order valence-electron chi connectivity index (χ3n) is 2.23. The number of hydrogen-bond acceptors (Lipinski definition) is 5. The van der Waals surface area contributed by atoms with Crippen LogP contribution in [0.2, 0.25) is 0 Å². The molecular weight excluding hydrogens is 276 g/mol. The Balaban J connectivity index is 3.15. The fourth-order valence-corrected chi connectivity index (χ4v) is 3.06. The molecule has 0 amide bonds. The van der Waals surface area contributed by atoms with Crippen molar-refractivity contribution in [1.82, 2.24) is 0 Å². The van der Waals surface area contributed by atoms with Crippen LogP contribution in [-0.2, 0) is 0 Å². The molecule has 0 aliphatic carbocycles. The van der Waals surface area contributed by atoms with E-state index in [1.807, 2.05) is 31.2 Å². The van der Waals surface area contributed by atoms with Gasteiger partial charge in [-0.2, -0.15) is 10.5 Å². The Labute approximate surface area is 122 Å². The predicted octanol–water partition coefficient (Wildman–Crippen LogP) is 3.90. The van der Waals surface area contributed by atoms with Crippen LogP contribution >= 0.6 is 23.5 Å². The van der Waals surface area contributed by atoms with Gasteiger partial charge in [0.25, 0.3) is 0 Å². The summed E-state index contributed by atoms with van der Waals surface area (Å²) >= 11 is 2.89. The van der Waals surface area contributed by atoms with Crippen LogP contribution in [0.25, 0.3) is 4.91 Å². The molecule has 19 heavy (non-hydrogen) atoms. The van der Waals surface area contributed by atoms with E-state index in [1.54, 1.807) is 7.11 Å². The second-order valence-electron chi connectivity index (χ2n) is 3.38. The summed E-state index contributed by atoms with van der Waals surface area (Å²) in [5.74, 6) is 1.93. The van der Waals surface area contributed by atoms with E-state index in [1.165, 1.54) is 23.5 Å². The van der Waals surface area contributed by atoms with Crippen molar-refractivity contribution in [2.45, 2.75) is 6.92 Å². The van der Waals surface area contributed by atoms with Crippen molar-refractivity contribution in [3.63, 3.8) is 0 Å². The Hall–Kier alpha value is -1.56. The molecular formula is C14H14N2OS2. The Kier molecular flexibility index (Phi) is 6.95. The molecule has 0 spiro atoms. The highest BCUT2D eigenvalue weighted by Gasteiger charge is 2.10. The topological polar surface area (TPSA) is 56.8 Å². The van der Waals surface area contributed by atoms with Gasteiger partial charge in [-0.25, -0.2) is 0 Å². The van der Waals surface area contributed by atoms with Gasteiger partial charge in [-0.3, -0.25) is 0 Å². The summed E-state index contributed by atoms with van der Waals surface area (Å²) < 4.78 is 5.12. The second-order valence-corrected chi connectivity index (χ2v) is 5.64. The van der Waals surface area contributed by atoms with Gasteiger partial charge in [-0.15, -0.1) is 23.5 Å². The van der Waals surface area contributed by atoms with E-state index < -0.39 is 0 Å². The maximum atomic E-state index is 9.24. The van der Waals surface area contributed by atoms with Crippen molar-refractivity contribution in [3.05, 3.63) is 34.7 Å². The maximum absolute atomic E-state index is 9.24. The van der Waals surface area contributed by atoms with Gasteiger partial charge in [0.05, 0.1) is 23.8 Å². The zero-order chi connectivity index (χ0) is 14.1. The first kappa shape index (κ1) is 15.5. The van der Waals surface area contributed by atoms with Crippen LogP contribution in [0.4, 0.5) is 0 Å². The standard InChI is InChI=1S/C14H14N2OS2/c1-3-18-13(10-16)14(19-9-8-15)11-4-6-12(17-2)7-5-11/h4-7H,3,9H2,1-2H3/b14-13+. The second kappa shape index (κ2) is 8.53. The Morgan fingerprint density at radius 2 is 1.89 bits per heavy atom. The molecule has 5 heteroatoms. The average Bonchev–Trinajstić information content (AvgIpc) is 2.47. The maximum Gasteiger partial charge on any atom is 0.118 e. The van der Waals surface area contributed by atoms with Crippen LogP contribution in [-0.4, -0.2) is 18.6 Å². The SMILES string of the molecule is CCS/C(C#N)=C(/SCC#N)c1ccc(OC)cc1. The molecule has 0 aromatic heterocycles. The molecule has 3 nitrogen and oxygen atoms in total. The molecule has 98 valence electrons. The summed E-state index contributed by atoms with van der Waals surface area (Å²) in [4.78, 5) is 1.52. The molecule has 0 saturated carbocycles. The predicted molar refractivity (Wildman–Crippen MR) is 81.7 cm³/mol. The molecule has 0 saturated heterocycles. The molecule has 1 rings (SSSR count). The summed E-state index contributed by atoms with van der Waals surface area (Å²) in [5, 5.41) is 18.0. The molecule has 0 fully saturated rings. The highest BCUT2D eigenvalue weighted by atomic mass is 32.2. The number of nitrogens with zero attached hydrogens (tertiary/aromatic N) is 2. The summed E-state index contributed by atoms with van der Waals surface area (Å²) in [6.45, 7) is 2.00. The van der Waals surface area contributed by atoms with Crippen molar-refractivity contribution in [2.75, 3.05) is 18.6 Å². The summed E-state index contributed by atoms with van der Waals surface area (Å²) in [7, 11) is 1.61. The minimum absolute atomic E-state index is 0.330. The Morgan fingerprint density at radius 1 is 1.21 bits per heavy atom. The van der Waals surface area contributed by atoms with Crippen molar-refractivity contribution < 1.29 is 4.74 Å². The fourth-order valence-electron chi connectivity index (χ4n) is 1.42. The number of hydrogen-bond donors (Lipinski definition) is 0. The lowest BCUT2D eigenvalue weighted by Crippen LogP contribution is -1.88. The zero-order valence-corrected chi connectivity index (χ0v) is 12.5. The smallest absolute Gasteiger partial charge is 0.118 e. The van der Waals surface area contributed by atoms with Gasteiger partial charge in [0.2, 0.25) is 0 Å². The van der Waals surface area contributed by atoms with Crippen LogP contribution in [0.1, 0.15) is 12.5 Å². The highest BCUT2D eigenvalue weighted by molar-refractivity contribution is 8.11. The molecule has 1 aromatic carbocycles. The number of ether oxygens (including phenoxy) is 1. The molecule has 0 bridgehead atoms. The third-order valence-corrected chi connectivity index (χ3v) is 4.23. The first-order valence-corrected chi connectivity index (χ1v) is 7.65. The van der Waals surface area contributed by atoms with E-state index >= 15 is 0 Å². The lowest BCUT2D eigenvalue weighted by molar-refractivity contribution is 0.415. The number of methoxy groups -OCH3 is 1. The van der Waals surface area contributed by atoms with Gasteiger partial charge >= 0.3 is 0 Å². The number of thioether (sulfide) groups is 2. The zero-order valence-electron chi connectivity index (χ0n) is 10.8. The van der Waals surface area contributed by atoms with Crippen molar-refractivity contribution in [1.29, 1.82) is 10.5 Å². The molecule has 0 heterocycles. The van der Waals surface area contributed by atoms with Gasteiger partial charge in [0.1, 0.15) is 11.8 Å². The summed E-state index contributed by atoms with van der Waals surface area (Å²) in [6.07, 6.45) is 0. The molecule has 0 aliphatic heterocycles. The monoisotopic (exact) mass is 290 g/mol. The van der Waals surface area contributed by atoms with Crippen LogP contribution in [0.5, 0.6) is 5.75 Å². The fraction of sp³-hybridized carbons (Fsp3) is 0.286. The number of nitriles is 2. The van der Waals surface area contributed by atoms with Gasteiger partial charge < -0.3 is 4.74 Å². The first-order chi connectivity index (χ1) is 9.26. The third kappa shape index (κ3) is 4.55. The molecule has 1 aromatic rings. The molecule has 0 radical (unpaired) electrons. The van der Waals surface area contributed by atoms with Crippen molar-refractivity contribution in [2.24, 2.45) is 0 Å². The lowest BCUT2D eigenvalue weighted by atomic mass is 10.2. The van der Waals surface area contributed by atoms with E-state index in [0.717, 1.165) is 22.0 Å². The first-order valence-electron chi connectivity index (χ1n) is 5.68. The quantitative estimate of drug-likeness (QED) is 0.744. The summed E-state index contributed by atoms with van der Waals surface area (Å²) in [5.41, 5.74) is 0.943. The average molecular weight is 290 g/mol. The van der Waals surface area contributed by atoms with Gasteiger partial charge in [0, 0.05) is 4.91 Å². The van der Waals surface area contributed by atoms with E-state index in [0.29, 0.717) is 10.7 Å². The highest BCUT2D eigenvalue weighted by Crippen LogP contribution is 2.35. The van der Waals surface area contributed by atoms with E-state index in [2.05, 4.69) is 12.1 Å². The van der Waals surface area contributed by atoms with Gasteiger partial charge in [-0.05, 0) is 23.4 Å². The number of benzene rings is 1. The van der Waals surface area contributed by atoms with Crippen LogP contribution < -0.4 is 4.74 Å². The molecule has 0 unspecified atom stereocenters. The van der Waals surface area contributed by atoms with Crippen molar-refractivity contribution >= 4 is 28.4 Å². The minimum atomic E-state index is 0.330. The van der Waals surface area contributed by atoms with Crippen LogP contribution in [0, 0.1) is 22.7 Å². The van der Waals surface area contributed by atoms with E-state index in [4.69, 9.17) is 10.00 Å². The van der Waals surface area contributed by atoms with E-state index in [9.17, 15) is 5.26 Å². The normalized spacial score (nSPS) is 11.2. The van der Waals surface area contributed by atoms with Crippen LogP contribution in [0.3, 0.4) is 0 Å². The summed E-state index contributed by atoms with van der Waals surface area (Å²) in [6, 6.07) is 11.8. The number of allylic oxidation sites excluding steroid dienone is 1. The van der Waals surface area contributed by atoms with Crippen molar-refractivity contribution in [3.8, 4) is 17.9 Å². The largest absolute Gasteiger partial charge is 0.497 e. The van der Waals surface area contributed by atoms with Gasteiger partial charge in [0.15, 0.2) is 0 Å². The minimum Gasteiger partial charge on any atom is -0.497 e. The van der Waals surface area contributed by atoms with E-state index in [-0.39, 0.29) is 0 Å². The lowest BCUT2D eigenvalue weighted by Gasteiger charge is -2.09. The molecule has 0 aliphatic rings. The Bertz CT molecular complexity index is 524. The Morgan fingerprint density at radius 3 is 2.37 bits per heavy atom. The molecule has 0 N–H and O–H groups in total. The van der Waals surface area contributed by atoms with Gasteiger partial charge in [-0.1, -0.05) is 19.1 Å². The molecule has 0 atom stereocenters. The number of rotatable bonds is 6.